The molecule has 1 atom stereocenters. The monoisotopic (exact) mass is 289 g/mol. The van der Waals surface area contributed by atoms with Crippen LogP contribution in [0.1, 0.15) is 56.2 Å². The lowest BCUT2D eigenvalue weighted by Crippen LogP contribution is -2.36. The maximum atomic E-state index is 12.2. The van der Waals surface area contributed by atoms with E-state index in [0.29, 0.717) is 12.8 Å². The summed E-state index contributed by atoms with van der Waals surface area (Å²) in [7, 11) is 0. The van der Waals surface area contributed by atoms with Crippen LogP contribution in [0.5, 0.6) is 0 Å². The molecule has 1 amide bonds. The predicted molar refractivity (Wildman–Crippen MR) is 80.9 cm³/mol. The van der Waals surface area contributed by atoms with E-state index in [0.717, 1.165) is 18.4 Å². The Bertz CT molecular complexity index is 515. The second-order valence-corrected chi connectivity index (χ2v) is 6.17. The third-order valence-electron chi connectivity index (χ3n) is 4.47. The van der Waals surface area contributed by atoms with Crippen molar-refractivity contribution >= 4 is 11.9 Å². The summed E-state index contributed by atoms with van der Waals surface area (Å²) in [5.41, 5.74) is 1.36. The fraction of sp³-hybridized carbons (Fsp3) is 0.529. The number of benzene rings is 1. The van der Waals surface area contributed by atoms with Crippen molar-refractivity contribution < 1.29 is 14.7 Å². The molecule has 1 aromatic carbocycles. The molecule has 0 aliphatic heterocycles. The van der Waals surface area contributed by atoms with Gasteiger partial charge in [-0.2, -0.15) is 0 Å². The van der Waals surface area contributed by atoms with Gasteiger partial charge in [0.1, 0.15) is 0 Å². The van der Waals surface area contributed by atoms with Crippen molar-refractivity contribution in [1.29, 1.82) is 0 Å². The van der Waals surface area contributed by atoms with E-state index in [-0.39, 0.29) is 18.4 Å². The van der Waals surface area contributed by atoms with E-state index < -0.39 is 11.4 Å². The van der Waals surface area contributed by atoms with E-state index in [9.17, 15) is 14.7 Å². The van der Waals surface area contributed by atoms with Crippen LogP contribution in [0.3, 0.4) is 0 Å². The molecule has 0 bridgehead atoms. The van der Waals surface area contributed by atoms with Gasteiger partial charge in [-0.15, -0.1) is 0 Å². The van der Waals surface area contributed by atoms with Crippen molar-refractivity contribution in [3.8, 4) is 0 Å². The molecule has 4 heteroatoms. The molecule has 2 rings (SSSR count). The maximum absolute atomic E-state index is 12.2. The summed E-state index contributed by atoms with van der Waals surface area (Å²) >= 11 is 0. The van der Waals surface area contributed by atoms with E-state index in [2.05, 4.69) is 5.32 Å². The average Bonchev–Trinajstić information content (AvgIpc) is 2.89. The topological polar surface area (TPSA) is 66.4 Å². The number of nitrogens with one attached hydrogen (secondary N) is 1. The molecule has 0 heterocycles. The standard InChI is InChI=1S/C17H23NO3/c1-12-5-7-14(8-6-12)13(2)18-15(19)11-17(16(20)21)9-3-4-10-17/h5-8,13H,3-4,9-11H2,1-2H3,(H,18,19)(H,20,21)/t13-/m0/s1. The number of aryl methyl sites for hydroxylation is 1. The Hall–Kier alpha value is -1.84. The number of rotatable bonds is 5. The van der Waals surface area contributed by atoms with Crippen molar-refractivity contribution in [2.24, 2.45) is 5.41 Å². The smallest absolute Gasteiger partial charge is 0.310 e. The number of carbonyl (C=O) groups is 2. The number of hydrogen-bond donors (Lipinski definition) is 2. The Morgan fingerprint density at radius 3 is 2.33 bits per heavy atom. The van der Waals surface area contributed by atoms with Gasteiger partial charge in [0.15, 0.2) is 0 Å². The molecule has 0 aromatic heterocycles. The molecule has 4 nitrogen and oxygen atoms in total. The highest BCUT2D eigenvalue weighted by Crippen LogP contribution is 2.41. The molecular weight excluding hydrogens is 266 g/mol. The zero-order valence-electron chi connectivity index (χ0n) is 12.7. The SMILES string of the molecule is Cc1ccc([C@H](C)NC(=O)CC2(C(=O)O)CCCC2)cc1. The summed E-state index contributed by atoms with van der Waals surface area (Å²) in [5, 5.41) is 12.3. The molecule has 1 saturated carbocycles. The van der Waals surface area contributed by atoms with Crippen molar-refractivity contribution in [2.45, 2.75) is 52.0 Å². The first-order chi connectivity index (χ1) is 9.93. The van der Waals surface area contributed by atoms with Crippen LogP contribution in [0.4, 0.5) is 0 Å². The zero-order chi connectivity index (χ0) is 15.5. The number of hydrogen-bond acceptors (Lipinski definition) is 2. The lowest BCUT2D eigenvalue weighted by Gasteiger charge is -2.24. The first kappa shape index (κ1) is 15.5. The van der Waals surface area contributed by atoms with Crippen molar-refractivity contribution in [3.63, 3.8) is 0 Å². The molecular formula is C17H23NO3. The van der Waals surface area contributed by atoms with Crippen LogP contribution < -0.4 is 5.32 Å². The first-order valence-corrected chi connectivity index (χ1v) is 7.52. The Morgan fingerprint density at radius 1 is 1.24 bits per heavy atom. The van der Waals surface area contributed by atoms with Crippen LogP contribution in [0.25, 0.3) is 0 Å². The molecule has 1 fully saturated rings. The van der Waals surface area contributed by atoms with E-state index >= 15 is 0 Å². The molecule has 114 valence electrons. The van der Waals surface area contributed by atoms with E-state index in [1.807, 2.05) is 38.1 Å². The van der Waals surface area contributed by atoms with Crippen LogP contribution in [-0.4, -0.2) is 17.0 Å². The summed E-state index contributed by atoms with van der Waals surface area (Å²) in [5.74, 6) is -1.01. The zero-order valence-corrected chi connectivity index (χ0v) is 12.7. The maximum Gasteiger partial charge on any atom is 0.310 e. The van der Waals surface area contributed by atoms with Gasteiger partial charge < -0.3 is 10.4 Å². The van der Waals surface area contributed by atoms with Crippen LogP contribution in [0, 0.1) is 12.3 Å². The third-order valence-corrected chi connectivity index (χ3v) is 4.47. The van der Waals surface area contributed by atoms with Crippen LogP contribution >= 0.6 is 0 Å². The Kier molecular flexibility index (Phi) is 4.66. The quantitative estimate of drug-likeness (QED) is 0.874. The fourth-order valence-corrected chi connectivity index (χ4v) is 3.06. The van der Waals surface area contributed by atoms with Gasteiger partial charge in [0.2, 0.25) is 5.91 Å². The van der Waals surface area contributed by atoms with E-state index in [4.69, 9.17) is 0 Å². The minimum Gasteiger partial charge on any atom is -0.481 e. The van der Waals surface area contributed by atoms with Gasteiger partial charge in [-0.05, 0) is 32.3 Å². The summed E-state index contributed by atoms with van der Waals surface area (Å²) in [6.45, 7) is 3.94. The molecule has 0 spiro atoms. The molecule has 0 radical (unpaired) electrons. The van der Waals surface area contributed by atoms with Crippen LogP contribution in [-0.2, 0) is 9.59 Å². The number of aliphatic carboxylic acids is 1. The summed E-state index contributed by atoms with van der Waals surface area (Å²) in [6.07, 6.45) is 3.09. The summed E-state index contributed by atoms with van der Waals surface area (Å²) < 4.78 is 0. The number of carboxylic acids is 1. The lowest BCUT2D eigenvalue weighted by atomic mass is 9.82. The summed E-state index contributed by atoms with van der Waals surface area (Å²) in [4.78, 5) is 23.7. The van der Waals surface area contributed by atoms with Crippen molar-refractivity contribution in [2.75, 3.05) is 0 Å². The Balaban J connectivity index is 1.97. The number of carbonyl (C=O) groups excluding carboxylic acids is 1. The summed E-state index contributed by atoms with van der Waals surface area (Å²) in [6, 6.07) is 7.89. The van der Waals surface area contributed by atoms with Crippen molar-refractivity contribution in [1.82, 2.24) is 5.32 Å². The third kappa shape index (κ3) is 3.63. The molecule has 2 N–H and O–H groups in total. The predicted octanol–water partition coefficient (Wildman–Crippen LogP) is 3.21. The van der Waals surface area contributed by atoms with Crippen LogP contribution in [0.2, 0.25) is 0 Å². The van der Waals surface area contributed by atoms with E-state index in [1.165, 1.54) is 5.56 Å². The van der Waals surface area contributed by atoms with Gasteiger partial charge in [-0.25, -0.2) is 0 Å². The second-order valence-electron chi connectivity index (χ2n) is 6.17. The van der Waals surface area contributed by atoms with Gasteiger partial charge in [-0.1, -0.05) is 42.7 Å². The van der Waals surface area contributed by atoms with Gasteiger partial charge >= 0.3 is 5.97 Å². The molecule has 1 aromatic rings. The normalized spacial score (nSPS) is 18.2. The first-order valence-electron chi connectivity index (χ1n) is 7.52. The largest absolute Gasteiger partial charge is 0.481 e. The Morgan fingerprint density at radius 2 is 1.81 bits per heavy atom. The fourth-order valence-electron chi connectivity index (χ4n) is 3.06. The molecule has 1 aliphatic rings. The van der Waals surface area contributed by atoms with Gasteiger partial charge in [0, 0.05) is 6.42 Å². The highest BCUT2D eigenvalue weighted by Gasteiger charge is 2.43. The van der Waals surface area contributed by atoms with E-state index in [1.54, 1.807) is 0 Å². The van der Waals surface area contributed by atoms with Gasteiger partial charge in [0.25, 0.3) is 0 Å². The number of amides is 1. The number of carboxylic acid groups (broad SMARTS) is 1. The molecule has 0 saturated heterocycles. The minimum atomic E-state index is -0.850. The second kappa shape index (κ2) is 6.29. The molecule has 21 heavy (non-hydrogen) atoms. The molecule has 0 unspecified atom stereocenters. The van der Waals surface area contributed by atoms with Gasteiger partial charge in [0.05, 0.1) is 11.5 Å². The lowest BCUT2D eigenvalue weighted by molar-refractivity contribution is -0.151. The van der Waals surface area contributed by atoms with Crippen molar-refractivity contribution in [3.05, 3.63) is 35.4 Å². The van der Waals surface area contributed by atoms with Crippen LogP contribution in [0.15, 0.2) is 24.3 Å². The molecule has 1 aliphatic carbocycles. The minimum absolute atomic E-state index is 0.0819. The van der Waals surface area contributed by atoms with Gasteiger partial charge in [-0.3, -0.25) is 9.59 Å². The Labute approximate surface area is 125 Å². The highest BCUT2D eigenvalue weighted by molar-refractivity contribution is 5.85. The average molecular weight is 289 g/mol. The highest BCUT2D eigenvalue weighted by atomic mass is 16.4.